The maximum atomic E-state index is 7.41. The first-order chi connectivity index (χ1) is 15.9. The Morgan fingerprint density at radius 2 is 1.94 bits per heavy atom. The molecule has 4 rings (SSSR count). The molecule has 0 saturated carbocycles. The van der Waals surface area contributed by atoms with Crippen molar-refractivity contribution in [2.45, 2.75) is 38.8 Å². The van der Waals surface area contributed by atoms with E-state index in [0.717, 1.165) is 29.4 Å². The molecule has 7 heteroatoms. The Balaban J connectivity index is 1.66. The summed E-state index contributed by atoms with van der Waals surface area (Å²) in [6.07, 6.45) is 2.43. The number of fused-ring (bicyclic) bond motifs is 1. The molecule has 0 amide bonds. The van der Waals surface area contributed by atoms with Crippen molar-refractivity contribution in [3.8, 4) is 17.6 Å². The van der Waals surface area contributed by atoms with Crippen molar-refractivity contribution in [3.05, 3.63) is 64.1 Å². The van der Waals surface area contributed by atoms with Gasteiger partial charge in [-0.15, -0.1) is 10.2 Å². The number of methoxy groups -OCH3 is 1. The Labute approximate surface area is 199 Å². The summed E-state index contributed by atoms with van der Waals surface area (Å²) in [4.78, 5) is 5.98. The highest BCUT2D eigenvalue weighted by molar-refractivity contribution is 6.32. The third-order valence-corrected chi connectivity index (χ3v) is 6.25. The van der Waals surface area contributed by atoms with Gasteiger partial charge in [0.05, 0.1) is 24.2 Å². The van der Waals surface area contributed by atoms with E-state index in [-0.39, 0.29) is 5.54 Å². The smallest absolute Gasteiger partial charge is 0.188 e. The summed E-state index contributed by atoms with van der Waals surface area (Å²) in [5, 5.41) is 14.4. The second-order valence-corrected chi connectivity index (χ2v) is 8.97. The van der Waals surface area contributed by atoms with Gasteiger partial charge in [0.15, 0.2) is 11.5 Å². The molecule has 6 nitrogen and oxygen atoms in total. The summed E-state index contributed by atoms with van der Waals surface area (Å²) in [5.74, 6) is 7.90. The van der Waals surface area contributed by atoms with E-state index >= 15 is 0 Å². The topological polar surface area (TPSA) is 54.6 Å². The van der Waals surface area contributed by atoms with Gasteiger partial charge in [-0.2, -0.15) is 0 Å². The largest absolute Gasteiger partial charge is 0.495 e. The van der Waals surface area contributed by atoms with Gasteiger partial charge >= 0.3 is 0 Å². The van der Waals surface area contributed by atoms with Crippen molar-refractivity contribution in [3.63, 3.8) is 0 Å². The van der Waals surface area contributed by atoms with Crippen LogP contribution in [0.1, 0.15) is 37.9 Å². The van der Waals surface area contributed by atoms with Gasteiger partial charge in [-0.05, 0) is 69.5 Å². The molecule has 0 atom stereocenters. The minimum absolute atomic E-state index is 0.231. The fourth-order valence-electron chi connectivity index (χ4n) is 4.01. The quantitative estimate of drug-likeness (QED) is 0.393. The van der Waals surface area contributed by atoms with Crippen LogP contribution in [0.3, 0.4) is 0 Å². The molecule has 0 bridgehead atoms. The van der Waals surface area contributed by atoms with Crippen molar-refractivity contribution >= 4 is 33.9 Å². The number of hydrogen-bond donors (Lipinski definition) is 1. The van der Waals surface area contributed by atoms with Crippen molar-refractivity contribution in [2.24, 2.45) is 0 Å². The molecule has 0 aliphatic carbocycles. The maximum Gasteiger partial charge on any atom is 0.188 e. The summed E-state index contributed by atoms with van der Waals surface area (Å²) in [6.45, 7) is 14.3. The highest BCUT2D eigenvalue weighted by Crippen LogP contribution is 2.29. The van der Waals surface area contributed by atoms with E-state index in [1.165, 1.54) is 12.8 Å². The lowest BCUT2D eigenvalue weighted by molar-refractivity contribution is 0.214. The Morgan fingerprint density at radius 3 is 2.64 bits per heavy atom. The molecule has 168 valence electrons. The Hall–Kier alpha value is -3.32. The van der Waals surface area contributed by atoms with Crippen LogP contribution in [0.2, 0.25) is 5.02 Å². The van der Waals surface area contributed by atoms with Crippen LogP contribution in [0.4, 0.5) is 11.5 Å². The molecule has 0 radical (unpaired) electrons. The van der Waals surface area contributed by atoms with Crippen LogP contribution in [0, 0.1) is 18.4 Å². The first kappa shape index (κ1) is 22.9. The molecular formula is C26H26ClN5O. The first-order valence-corrected chi connectivity index (χ1v) is 11.3. The lowest BCUT2D eigenvalue weighted by Gasteiger charge is -2.30. The zero-order valence-corrected chi connectivity index (χ0v) is 19.8. The normalized spacial score (nSPS) is 13.9. The van der Waals surface area contributed by atoms with E-state index in [0.29, 0.717) is 34.5 Å². The van der Waals surface area contributed by atoms with Crippen LogP contribution in [-0.2, 0) is 6.54 Å². The summed E-state index contributed by atoms with van der Waals surface area (Å²) in [7, 11) is 1.59. The summed E-state index contributed by atoms with van der Waals surface area (Å²) < 4.78 is 5.22. The van der Waals surface area contributed by atoms with Crippen LogP contribution in [0.25, 0.3) is 15.6 Å². The SMILES string of the molecule is [C-]#[N+]c1ccc2c(C#CC(C)(C)N3CCCC3)nnc(NCc3ccc(OC)c(Cl)c3)c2c1. The van der Waals surface area contributed by atoms with Gasteiger partial charge in [0.25, 0.3) is 0 Å². The van der Waals surface area contributed by atoms with Gasteiger partial charge in [-0.3, -0.25) is 4.90 Å². The second-order valence-electron chi connectivity index (χ2n) is 8.56. The number of rotatable bonds is 5. The standard InChI is InChI=1S/C26H26ClN5O/c1-26(2,32-13-5-6-14-32)12-11-23-20-9-8-19(28-3)16-21(20)25(31-30-23)29-17-18-7-10-24(33-4)22(27)15-18/h7-10,15-16H,5-6,13-14,17H2,1-2,4H3,(H,29,31). The molecule has 1 aliphatic rings. The Kier molecular flexibility index (Phi) is 6.70. The summed E-state index contributed by atoms with van der Waals surface area (Å²) in [6, 6.07) is 11.2. The van der Waals surface area contributed by atoms with Gasteiger partial charge in [0.2, 0.25) is 0 Å². The van der Waals surface area contributed by atoms with Crippen LogP contribution < -0.4 is 10.1 Å². The molecule has 1 N–H and O–H groups in total. The number of aromatic nitrogens is 2. The first-order valence-electron chi connectivity index (χ1n) is 10.9. The predicted octanol–water partition coefficient (Wildman–Crippen LogP) is 5.68. The number of nitrogens with zero attached hydrogens (tertiary/aromatic N) is 4. The summed E-state index contributed by atoms with van der Waals surface area (Å²) >= 11 is 6.25. The van der Waals surface area contributed by atoms with E-state index < -0.39 is 0 Å². The fourth-order valence-corrected chi connectivity index (χ4v) is 4.29. The second kappa shape index (κ2) is 9.67. The zero-order chi connectivity index (χ0) is 23.4. The van der Waals surface area contributed by atoms with Crippen molar-refractivity contribution in [1.82, 2.24) is 15.1 Å². The van der Waals surface area contributed by atoms with Crippen LogP contribution in [0.15, 0.2) is 36.4 Å². The molecule has 1 fully saturated rings. The van der Waals surface area contributed by atoms with Gasteiger partial charge in [0, 0.05) is 17.3 Å². The molecule has 0 spiro atoms. The van der Waals surface area contributed by atoms with Gasteiger partial charge in [-0.25, -0.2) is 4.85 Å². The van der Waals surface area contributed by atoms with Crippen molar-refractivity contribution < 1.29 is 4.74 Å². The number of halogens is 1. The van der Waals surface area contributed by atoms with E-state index in [1.807, 2.05) is 30.3 Å². The maximum absolute atomic E-state index is 7.41. The average molecular weight is 460 g/mol. The van der Waals surface area contributed by atoms with Crippen LogP contribution in [0.5, 0.6) is 5.75 Å². The average Bonchev–Trinajstić information content (AvgIpc) is 3.37. The van der Waals surface area contributed by atoms with E-state index in [2.05, 4.69) is 50.9 Å². The molecule has 2 aromatic carbocycles. The van der Waals surface area contributed by atoms with Crippen LogP contribution >= 0.6 is 11.6 Å². The van der Waals surface area contributed by atoms with Gasteiger partial charge in [0.1, 0.15) is 11.4 Å². The fraction of sp³-hybridized carbons (Fsp3) is 0.346. The predicted molar refractivity (Wildman–Crippen MR) is 133 cm³/mol. The molecule has 1 aliphatic heterocycles. The zero-order valence-electron chi connectivity index (χ0n) is 19.1. The van der Waals surface area contributed by atoms with Crippen molar-refractivity contribution in [2.75, 3.05) is 25.5 Å². The molecule has 3 aromatic rings. The third-order valence-electron chi connectivity index (χ3n) is 5.95. The van der Waals surface area contributed by atoms with Crippen molar-refractivity contribution in [1.29, 1.82) is 0 Å². The highest BCUT2D eigenvalue weighted by atomic mass is 35.5. The highest BCUT2D eigenvalue weighted by Gasteiger charge is 2.27. The number of ether oxygens (including phenoxy) is 1. The number of nitrogens with one attached hydrogen (secondary N) is 1. The van der Waals surface area contributed by atoms with E-state index in [4.69, 9.17) is 22.9 Å². The number of hydrogen-bond acceptors (Lipinski definition) is 5. The molecule has 2 heterocycles. The van der Waals surface area contributed by atoms with Gasteiger partial charge in [-0.1, -0.05) is 35.7 Å². The minimum Gasteiger partial charge on any atom is -0.495 e. The molecule has 33 heavy (non-hydrogen) atoms. The van der Waals surface area contributed by atoms with E-state index in [9.17, 15) is 0 Å². The lowest BCUT2D eigenvalue weighted by Crippen LogP contribution is -2.40. The number of benzene rings is 2. The molecule has 1 aromatic heterocycles. The van der Waals surface area contributed by atoms with Gasteiger partial charge < -0.3 is 10.1 Å². The van der Waals surface area contributed by atoms with Crippen LogP contribution in [-0.4, -0.2) is 40.8 Å². The third kappa shape index (κ3) is 5.03. The number of likely N-dealkylation sites (tertiary alicyclic amines) is 1. The molecule has 1 saturated heterocycles. The minimum atomic E-state index is -0.231. The monoisotopic (exact) mass is 459 g/mol. The molecular weight excluding hydrogens is 434 g/mol. The lowest BCUT2D eigenvalue weighted by atomic mass is 10.0. The van der Waals surface area contributed by atoms with E-state index in [1.54, 1.807) is 13.2 Å². The Bertz CT molecular complexity index is 1280. The summed E-state index contributed by atoms with van der Waals surface area (Å²) in [5.41, 5.74) is 1.91. The Morgan fingerprint density at radius 1 is 1.15 bits per heavy atom. The number of anilines is 1. The molecule has 0 unspecified atom stereocenters.